The number of hydrogen-bond donors (Lipinski definition) is 2. The van der Waals surface area contributed by atoms with Crippen molar-refractivity contribution >= 4 is 11.6 Å². The molecule has 1 aliphatic carbocycles. The third-order valence-corrected chi connectivity index (χ3v) is 3.96. The van der Waals surface area contributed by atoms with Gasteiger partial charge < -0.3 is 4.74 Å². The summed E-state index contributed by atoms with van der Waals surface area (Å²) >= 11 is 5.86. The molecule has 1 atom stereocenters. The Morgan fingerprint density at radius 2 is 1.90 bits per heavy atom. The van der Waals surface area contributed by atoms with Crippen molar-refractivity contribution in [3.63, 3.8) is 0 Å². The highest BCUT2D eigenvalue weighted by Gasteiger charge is 2.14. The van der Waals surface area contributed by atoms with Crippen molar-refractivity contribution in [2.75, 3.05) is 6.61 Å². The average molecular weight is 295 g/mol. The fourth-order valence-electron chi connectivity index (χ4n) is 2.51. The van der Waals surface area contributed by atoms with E-state index in [1.807, 2.05) is 24.3 Å². The second kappa shape index (κ2) is 8.30. The van der Waals surface area contributed by atoms with Gasteiger partial charge >= 0.3 is 0 Å². The van der Waals surface area contributed by atoms with Crippen LogP contribution < -0.4 is 16.0 Å². The molecule has 0 aromatic heterocycles. The van der Waals surface area contributed by atoms with Crippen molar-refractivity contribution in [2.45, 2.75) is 44.6 Å². The molecule has 2 rings (SSSR count). The van der Waals surface area contributed by atoms with Crippen LogP contribution in [0.2, 0.25) is 5.02 Å². The second-order valence-corrected chi connectivity index (χ2v) is 5.65. The first-order valence-corrected chi connectivity index (χ1v) is 7.71. The highest BCUT2D eigenvalue weighted by atomic mass is 35.5. The molecule has 0 bridgehead atoms. The van der Waals surface area contributed by atoms with E-state index in [1.165, 1.54) is 31.3 Å². The summed E-state index contributed by atoms with van der Waals surface area (Å²) in [5.74, 6) is 6.51. The first kappa shape index (κ1) is 15.4. The summed E-state index contributed by atoms with van der Waals surface area (Å²) in [5, 5.41) is 0.716. The van der Waals surface area contributed by atoms with E-state index in [1.54, 1.807) is 0 Å². The molecule has 0 saturated carbocycles. The fourth-order valence-corrected chi connectivity index (χ4v) is 2.63. The standard InChI is InChI=1S/C16H23ClN2O/c17-14-8-10-15(11-9-14)20-12-16(19-18)13-6-4-2-1-3-5-7-13/h6,8-11,16,19H,1-5,7,12,18H2/b13-6+. The van der Waals surface area contributed by atoms with Crippen molar-refractivity contribution in [3.8, 4) is 5.75 Å². The van der Waals surface area contributed by atoms with Crippen molar-refractivity contribution < 1.29 is 4.74 Å². The first-order chi connectivity index (χ1) is 9.79. The van der Waals surface area contributed by atoms with Crippen LogP contribution in [0.15, 0.2) is 35.9 Å². The molecule has 20 heavy (non-hydrogen) atoms. The molecule has 0 heterocycles. The molecule has 0 fully saturated rings. The number of hydrazine groups is 1. The highest BCUT2D eigenvalue weighted by Crippen LogP contribution is 2.21. The Morgan fingerprint density at radius 3 is 2.65 bits per heavy atom. The van der Waals surface area contributed by atoms with E-state index < -0.39 is 0 Å². The minimum absolute atomic E-state index is 0.0868. The zero-order chi connectivity index (χ0) is 14.2. The summed E-state index contributed by atoms with van der Waals surface area (Å²) in [7, 11) is 0. The molecule has 110 valence electrons. The molecular weight excluding hydrogens is 272 g/mol. The number of nitrogens with two attached hydrogens (primary N) is 1. The van der Waals surface area contributed by atoms with Gasteiger partial charge in [0.25, 0.3) is 0 Å². The Morgan fingerprint density at radius 1 is 1.15 bits per heavy atom. The number of ether oxygens (including phenoxy) is 1. The number of nitrogens with one attached hydrogen (secondary N) is 1. The number of benzene rings is 1. The lowest BCUT2D eigenvalue weighted by Crippen LogP contribution is -2.41. The number of hydrogen-bond acceptors (Lipinski definition) is 3. The molecule has 0 spiro atoms. The normalized spacial score (nSPS) is 20.4. The van der Waals surface area contributed by atoms with Gasteiger partial charge in [-0.15, -0.1) is 0 Å². The summed E-state index contributed by atoms with van der Waals surface area (Å²) in [4.78, 5) is 0. The van der Waals surface area contributed by atoms with E-state index in [0.29, 0.717) is 11.6 Å². The first-order valence-electron chi connectivity index (χ1n) is 7.33. The number of halogens is 1. The van der Waals surface area contributed by atoms with Crippen molar-refractivity contribution in [1.29, 1.82) is 0 Å². The second-order valence-electron chi connectivity index (χ2n) is 5.22. The SMILES string of the molecule is NNC(COc1ccc(Cl)cc1)/C1=C/CCCCCC1. The van der Waals surface area contributed by atoms with Crippen LogP contribution in [0.5, 0.6) is 5.75 Å². The lowest BCUT2D eigenvalue weighted by atomic mass is 9.95. The maximum atomic E-state index is 5.86. The average Bonchev–Trinajstić information content (AvgIpc) is 2.43. The van der Waals surface area contributed by atoms with Gasteiger partial charge in [-0.25, -0.2) is 5.43 Å². The van der Waals surface area contributed by atoms with Crippen molar-refractivity contribution in [1.82, 2.24) is 5.43 Å². The van der Waals surface area contributed by atoms with E-state index in [2.05, 4.69) is 11.5 Å². The molecule has 1 unspecified atom stereocenters. The van der Waals surface area contributed by atoms with Gasteiger partial charge in [-0.2, -0.15) is 0 Å². The minimum Gasteiger partial charge on any atom is -0.492 e. The fraction of sp³-hybridized carbons (Fsp3) is 0.500. The molecule has 3 N–H and O–H groups in total. The molecule has 0 aliphatic heterocycles. The van der Waals surface area contributed by atoms with Gasteiger partial charge in [0.1, 0.15) is 12.4 Å². The topological polar surface area (TPSA) is 47.3 Å². The zero-order valence-corrected chi connectivity index (χ0v) is 12.5. The van der Waals surface area contributed by atoms with Crippen LogP contribution in [0, 0.1) is 0 Å². The van der Waals surface area contributed by atoms with Gasteiger partial charge in [0.2, 0.25) is 0 Å². The van der Waals surface area contributed by atoms with Crippen LogP contribution in [-0.2, 0) is 0 Å². The van der Waals surface area contributed by atoms with Crippen molar-refractivity contribution in [3.05, 3.63) is 40.9 Å². The van der Waals surface area contributed by atoms with Gasteiger partial charge in [-0.1, -0.05) is 36.1 Å². The molecule has 1 aliphatic rings. The lowest BCUT2D eigenvalue weighted by Gasteiger charge is -2.22. The predicted molar refractivity (Wildman–Crippen MR) is 83.8 cm³/mol. The highest BCUT2D eigenvalue weighted by molar-refractivity contribution is 6.30. The van der Waals surface area contributed by atoms with Crippen LogP contribution in [0.3, 0.4) is 0 Å². The van der Waals surface area contributed by atoms with Gasteiger partial charge in [-0.05, 0) is 49.9 Å². The molecule has 0 saturated heterocycles. The largest absolute Gasteiger partial charge is 0.492 e. The lowest BCUT2D eigenvalue weighted by molar-refractivity contribution is 0.278. The van der Waals surface area contributed by atoms with Crippen LogP contribution in [0.25, 0.3) is 0 Å². The van der Waals surface area contributed by atoms with Gasteiger partial charge in [0.15, 0.2) is 0 Å². The van der Waals surface area contributed by atoms with Gasteiger partial charge in [0, 0.05) is 5.02 Å². The third-order valence-electron chi connectivity index (χ3n) is 3.71. The Kier molecular flexibility index (Phi) is 6.37. The monoisotopic (exact) mass is 294 g/mol. The summed E-state index contributed by atoms with van der Waals surface area (Å²) in [6.07, 6.45) is 9.75. The van der Waals surface area contributed by atoms with Crippen LogP contribution in [0.1, 0.15) is 38.5 Å². The summed E-state index contributed by atoms with van der Waals surface area (Å²) in [5.41, 5.74) is 4.26. The van der Waals surface area contributed by atoms with E-state index in [9.17, 15) is 0 Å². The Hall–Kier alpha value is -1.03. The summed E-state index contributed by atoms with van der Waals surface area (Å²) in [6, 6.07) is 7.50. The smallest absolute Gasteiger partial charge is 0.119 e. The Bertz CT molecular complexity index is 431. The molecule has 0 radical (unpaired) electrons. The maximum Gasteiger partial charge on any atom is 0.119 e. The van der Waals surface area contributed by atoms with Crippen LogP contribution >= 0.6 is 11.6 Å². The van der Waals surface area contributed by atoms with Gasteiger partial charge in [0.05, 0.1) is 6.04 Å². The van der Waals surface area contributed by atoms with E-state index >= 15 is 0 Å². The molecule has 1 aromatic carbocycles. The van der Waals surface area contributed by atoms with E-state index in [4.69, 9.17) is 22.2 Å². The summed E-state index contributed by atoms with van der Waals surface area (Å²) < 4.78 is 5.80. The number of rotatable bonds is 5. The van der Waals surface area contributed by atoms with Crippen LogP contribution in [0.4, 0.5) is 0 Å². The summed E-state index contributed by atoms with van der Waals surface area (Å²) in [6.45, 7) is 0.546. The van der Waals surface area contributed by atoms with Gasteiger partial charge in [-0.3, -0.25) is 5.84 Å². The Labute approximate surface area is 126 Å². The van der Waals surface area contributed by atoms with Crippen LogP contribution in [-0.4, -0.2) is 12.6 Å². The molecule has 4 heteroatoms. The predicted octanol–water partition coefficient (Wildman–Crippen LogP) is 3.83. The molecule has 3 nitrogen and oxygen atoms in total. The molecule has 0 amide bonds. The van der Waals surface area contributed by atoms with E-state index in [0.717, 1.165) is 18.6 Å². The minimum atomic E-state index is 0.0868. The third kappa shape index (κ3) is 4.82. The van der Waals surface area contributed by atoms with E-state index in [-0.39, 0.29) is 6.04 Å². The maximum absolute atomic E-state index is 5.86. The Balaban J connectivity index is 1.92. The zero-order valence-electron chi connectivity index (χ0n) is 11.8. The molecular formula is C16H23ClN2O. The quantitative estimate of drug-likeness (QED) is 0.493. The van der Waals surface area contributed by atoms with Crippen molar-refractivity contribution in [2.24, 2.45) is 5.84 Å². The molecule has 1 aromatic rings. The number of allylic oxidation sites excluding steroid dienone is 1.